The molecule has 6 nitrogen and oxygen atoms in total. The maximum absolute atomic E-state index is 12.6. The van der Waals surface area contributed by atoms with Gasteiger partial charge in [0.2, 0.25) is 0 Å². The second kappa shape index (κ2) is 7.97. The lowest BCUT2D eigenvalue weighted by Gasteiger charge is -2.53. The van der Waals surface area contributed by atoms with E-state index in [0.717, 1.165) is 24.8 Å². The van der Waals surface area contributed by atoms with Crippen LogP contribution in [-0.2, 0) is 9.57 Å². The van der Waals surface area contributed by atoms with Gasteiger partial charge in [-0.3, -0.25) is 0 Å². The average Bonchev–Trinajstić information content (AvgIpc) is 2.78. The number of nitrogens with zero attached hydrogens (tertiary/aromatic N) is 1. The van der Waals surface area contributed by atoms with Crippen LogP contribution in [0.25, 0.3) is 0 Å². The molecule has 0 radical (unpaired) electrons. The van der Waals surface area contributed by atoms with Gasteiger partial charge < -0.3 is 14.7 Å². The van der Waals surface area contributed by atoms with E-state index in [4.69, 9.17) is 9.57 Å². The SMILES string of the molecule is COC(=O)c1ccc(C2CC3(CCC3O)CCN2OC(=O)c2ccccc2)cc1. The molecule has 2 aromatic carbocycles. The number of carbonyl (C=O) groups is 2. The summed E-state index contributed by atoms with van der Waals surface area (Å²) in [5, 5.41) is 12.1. The zero-order valence-electron chi connectivity index (χ0n) is 16.4. The number of methoxy groups -OCH3 is 1. The van der Waals surface area contributed by atoms with E-state index in [2.05, 4.69) is 0 Å². The van der Waals surface area contributed by atoms with Crippen molar-refractivity contribution in [3.63, 3.8) is 0 Å². The van der Waals surface area contributed by atoms with Crippen molar-refractivity contribution in [1.29, 1.82) is 0 Å². The van der Waals surface area contributed by atoms with Crippen LogP contribution in [0.2, 0.25) is 0 Å². The quantitative estimate of drug-likeness (QED) is 0.799. The first-order valence-electron chi connectivity index (χ1n) is 9.93. The van der Waals surface area contributed by atoms with E-state index in [9.17, 15) is 14.7 Å². The van der Waals surface area contributed by atoms with Crippen LogP contribution in [0.1, 0.15) is 58.0 Å². The molecule has 2 aromatic rings. The Bertz CT molecular complexity index is 882. The van der Waals surface area contributed by atoms with Crippen molar-refractivity contribution < 1.29 is 24.3 Å². The lowest BCUT2D eigenvalue weighted by molar-refractivity contribution is -0.204. The van der Waals surface area contributed by atoms with Crippen molar-refractivity contribution in [3.8, 4) is 0 Å². The van der Waals surface area contributed by atoms with E-state index < -0.39 is 11.9 Å². The van der Waals surface area contributed by atoms with Gasteiger partial charge in [-0.15, -0.1) is 5.06 Å². The van der Waals surface area contributed by atoms with Crippen LogP contribution in [0.15, 0.2) is 54.6 Å². The van der Waals surface area contributed by atoms with E-state index in [0.29, 0.717) is 24.1 Å². The van der Waals surface area contributed by atoms with E-state index >= 15 is 0 Å². The molecule has 2 aliphatic rings. The second-order valence-electron chi connectivity index (χ2n) is 7.89. The first kappa shape index (κ1) is 19.6. The molecule has 0 bridgehead atoms. The minimum absolute atomic E-state index is 0.124. The summed E-state index contributed by atoms with van der Waals surface area (Å²) in [6.45, 7) is 0.555. The van der Waals surface area contributed by atoms with Crippen LogP contribution in [0.4, 0.5) is 0 Å². The van der Waals surface area contributed by atoms with Gasteiger partial charge >= 0.3 is 11.9 Å². The normalized spacial score (nSPS) is 26.6. The molecule has 0 amide bonds. The maximum Gasteiger partial charge on any atom is 0.357 e. The molecule has 152 valence electrons. The number of ether oxygens (including phenoxy) is 1. The summed E-state index contributed by atoms with van der Waals surface area (Å²) in [5.74, 6) is -0.787. The number of aliphatic hydroxyl groups is 1. The number of hydroxylamine groups is 2. The Morgan fingerprint density at radius 2 is 1.69 bits per heavy atom. The zero-order valence-corrected chi connectivity index (χ0v) is 16.4. The third-order valence-corrected chi connectivity index (χ3v) is 6.33. The summed E-state index contributed by atoms with van der Waals surface area (Å²) in [6, 6.07) is 15.9. The molecule has 3 unspecified atom stereocenters. The van der Waals surface area contributed by atoms with Gasteiger partial charge in [0, 0.05) is 6.54 Å². The monoisotopic (exact) mass is 395 g/mol. The van der Waals surface area contributed by atoms with Gasteiger partial charge in [-0.1, -0.05) is 30.3 Å². The molecule has 3 atom stereocenters. The summed E-state index contributed by atoms with van der Waals surface area (Å²) in [6.07, 6.45) is 2.97. The molecule has 6 heteroatoms. The van der Waals surface area contributed by atoms with E-state index in [1.807, 2.05) is 18.2 Å². The Morgan fingerprint density at radius 1 is 1.00 bits per heavy atom. The minimum atomic E-state index is -0.396. The predicted molar refractivity (Wildman–Crippen MR) is 106 cm³/mol. The number of esters is 1. The van der Waals surface area contributed by atoms with Crippen molar-refractivity contribution in [2.24, 2.45) is 5.41 Å². The van der Waals surface area contributed by atoms with Crippen LogP contribution in [0.5, 0.6) is 0 Å². The highest BCUT2D eigenvalue weighted by molar-refractivity contribution is 5.89. The summed E-state index contributed by atoms with van der Waals surface area (Å²) < 4.78 is 4.77. The molecule has 1 spiro atoms. The predicted octanol–water partition coefficient (Wildman–Crippen LogP) is 3.52. The van der Waals surface area contributed by atoms with Gasteiger partial charge in [-0.2, -0.15) is 0 Å². The highest BCUT2D eigenvalue weighted by Crippen LogP contribution is 2.54. The van der Waals surface area contributed by atoms with Crippen molar-refractivity contribution >= 4 is 11.9 Å². The molecule has 0 aromatic heterocycles. The van der Waals surface area contributed by atoms with Crippen molar-refractivity contribution in [3.05, 3.63) is 71.3 Å². The topological polar surface area (TPSA) is 76.1 Å². The Labute approximate surface area is 170 Å². The number of benzene rings is 2. The lowest BCUT2D eigenvalue weighted by Crippen LogP contribution is -2.53. The molecular formula is C23H25NO5. The third-order valence-electron chi connectivity index (χ3n) is 6.33. The fourth-order valence-corrected chi connectivity index (χ4v) is 4.38. The Balaban J connectivity index is 1.58. The molecule has 1 heterocycles. The molecule has 1 saturated carbocycles. The number of piperidine rings is 1. The standard InChI is InChI=1S/C23H25NO5/c1-28-21(26)18-9-7-16(8-10-18)19-15-23(12-11-20(23)25)13-14-24(19)29-22(27)17-5-3-2-4-6-17/h2-10,19-20,25H,11-15H2,1H3. The Kier molecular flexibility index (Phi) is 5.39. The van der Waals surface area contributed by atoms with Gasteiger partial charge in [-0.05, 0) is 60.9 Å². The fraction of sp³-hybridized carbons (Fsp3) is 0.391. The number of aliphatic hydroxyl groups excluding tert-OH is 1. The molecular weight excluding hydrogens is 370 g/mol. The van der Waals surface area contributed by atoms with Gasteiger partial charge in [0.1, 0.15) is 0 Å². The van der Waals surface area contributed by atoms with Gasteiger partial charge in [0.05, 0.1) is 30.4 Å². The first-order valence-corrected chi connectivity index (χ1v) is 9.93. The first-order chi connectivity index (χ1) is 14.0. The van der Waals surface area contributed by atoms with Gasteiger partial charge in [-0.25, -0.2) is 9.59 Å². The van der Waals surface area contributed by atoms with Crippen molar-refractivity contribution in [1.82, 2.24) is 5.06 Å². The molecule has 1 aliphatic carbocycles. The third kappa shape index (κ3) is 3.78. The number of hydrogen-bond acceptors (Lipinski definition) is 6. The van der Waals surface area contributed by atoms with Crippen molar-refractivity contribution in [2.75, 3.05) is 13.7 Å². The Hall–Kier alpha value is -2.70. The zero-order chi connectivity index (χ0) is 20.4. The Morgan fingerprint density at radius 3 is 2.28 bits per heavy atom. The lowest BCUT2D eigenvalue weighted by atomic mass is 9.59. The van der Waals surface area contributed by atoms with E-state index in [1.54, 1.807) is 41.5 Å². The highest BCUT2D eigenvalue weighted by Gasteiger charge is 2.51. The number of hydrogen-bond donors (Lipinski definition) is 1. The summed E-state index contributed by atoms with van der Waals surface area (Å²) >= 11 is 0. The smallest absolute Gasteiger partial charge is 0.357 e. The summed E-state index contributed by atoms with van der Waals surface area (Å²) in [7, 11) is 1.35. The molecule has 4 rings (SSSR count). The fourth-order valence-electron chi connectivity index (χ4n) is 4.38. The van der Waals surface area contributed by atoms with Crippen LogP contribution in [0, 0.1) is 5.41 Å². The molecule has 1 N–H and O–H groups in total. The summed E-state index contributed by atoms with van der Waals surface area (Å²) in [5.41, 5.74) is 1.78. The maximum atomic E-state index is 12.6. The van der Waals surface area contributed by atoms with E-state index in [-0.39, 0.29) is 17.6 Å². The highest BCUT2D eigenvalue weighted by atomic mass is 16.7. The largest absolute Gasteiger partial charge is 0.465 e. The second-order valence-corrected chi connectivity index (χ2v) is 7.89. The number of rotatable bonds is 4. The van der Waals surface area contributed by atoms with Gasteiger partial charge in [0.25, 0.3) is 0 Å². The van der Waals surface area contributed by atoms with Crippen LogP contribution < -0.4 is 0 Å². The van der Waals surface area contributed by atoms with E-state index in [1.165, 1.54) is 7.11 Å². The molecule has 1 saturated heterocycles. The summed E-state index contributed by atoms with van der Waals surface area (Å²) in [4.78, 5) is 30.1. The minimum Gasteiger partial charge on any atom is -0.465 e. The van der Waals surface area contributed by atoms with Crippen LogP contribution in [0.3, 0.4) is 0 Å². The molecule has 1 aliphatic heterocycles. The van der Waals surface area contributed by atoms with Crippen molar-refractivity contribution in [2.45, 2.75) is 37.8 Å². The van der Waals surface area contributed by atoms with Gasteiger partial charge in [0.15, 0.2) is 0 Å². The average molecular weight is 395 g/mol. The van der Waals surface area contributed by atoms with Crippen LogP contribution in [-0.4, -0.2) is 41.9 Å². The molecule has 29 heavy (non-hydrogen) atoms. The van der Waals surface area contributed by atoms with Crippen LogP contribution >= 0.6 is 0 Å². The molecule has 2 fully saturated rings. The number of carbonyl (C=O) groups excluding carboxylic acids is 2.